The Morgan fingerprint density at radius 1 is 1.05 bits per heavy atom. The second kappa shape index (κ2) is 13.3. The molecule has 0 atom stereocenters. The predicted molar refractivity (Wildman–Crippen MR) is 148 cm³/mol. The molecule has 0 saturated carbocycles. The molecular weight excluding hydrogens is 643 g/mol. The normalized spacial score (nSPS) is 11.2. The van der Waals surface area contributed by atoms with E-state index in [1.54, 1.807) is 39.2 Å². The number of ether oxygens (including phenoxy) is 1. The van der Waals surface area contributed by atoms with Crippen LogP contribution in [0.3, 0.4) is 0 Å². The third-order valence-electron chi connectivity index (χ3n) is 6.37. The molecule has 0 radical (unpaired) electrons. The molecular formula is C29H33IN4O5S. The third kappa shape index (κ3) is 7.20. The van der Waals surface area contributed by atoms with Crippen molar-refractivity contribution in [2.45, 2.75) is 31.8 Å². The van der Waals surface area contributed by atoms with E-state index in [1.807, 2.05) is 60.3 Å². The molecule has 0 bridgehead atoms. The minimum Gasteiger partial charge on any atom is -1.00 e. The van der Waals surface area contributed by atoms with Crippen molar-refractivity contribution in [1.29, 1.82) is 0 Å². The zero-order valence-electron chi connectivity index (χ0n) is 23.1. The number of carbonyl (C=O) groups is 1. The lowest BCUT2D eigenvalue weighted by atomic mass is 10.1. The average Bonchev–Trinajstić information content (AvgIpc) is 3.37. The zero-order chi connectivity index (χ0) is 28.2. The summed E-state index contributed by atoms with van der Waals surface area (Å²) >= 11 is 0. The maximum absolute atomic E-state index is 13.3. The van der Waals surface area contributed by atoms with E-state index < -0.39 is 10.0 Å². The summed E-state index contributed by atoms with van der Waals surface area (Å²) in [4.78, 5) is 12.9. The molecule has 4 rings (SSSR count). The fourth-order valence-corrected chi connectivity index (χ4v) is 5.81. The minimum atomic E-state index is -3.80. The summed E-state index contributed by atoms with van der Waals surface area (Å²) in [5.74, 6) is 1.61. The summed E-state index contributed by atoms with van der Waals surface area (Å²) in [6.45, 7) is 3.79. The van der Waals surface area contributed by atoms with Crippen LogP contribution in [0.4, 0.5) is 11.5 Å². The maximum atomic E-state index is 13.3. The number of rotatable bonds is 10. The monoisotopic (exact) mass is 676 g/mol. The van der Waals surface area contributed by atoms with E-state index in [4.69, 9.17) is 9.15 Å². The van der Waals surface area contributed by atoms with E-state index in [-0.39, 0.29) is 41.3 Å². The molecule has 2 aromatic carbocycles. The molecule has 0 aliphatic heterocycles. The Morgan fingerprint density at radius 2 is 1.73 bits per heavy atom. The largest absolute Gasteiger partial charge is 1.00 e. The summed E-state index contributed by atoms with van der Waals surface area (Å²) in [6.07, 6.45) is 3.30. The molecule has 2 aromatic heterocycles. The van der Waals surface area contributed by atoms with Crippen LogP contribution < -0.4 is 43.9 Å². The van der Waals surface area contributed by atoms with E-state index in [0.29, 0.717) is 34.7 Å². The van der Waals surface area contributed by atoms with Crippen LogP contribution in [0.15, 0.2) is 82.4 Å². The van der Waals surface area contributed by atoms with Gasteiger partial charge >= 0.3 is 0 Å². The van der Waals surface area contributed by atoms with E-state index in [9.17, 15) is 13.2 Å². The molecule has 40 heavy (non-hydrogen) atoms. The average molecular weight is 677 g/mol. The molecule has 0 aliphatic carbocycles. The van der Waals surface area contributed by atoms with Crippen molar-refractivity contribution >= 4 is 27.4 Å². The standard InChI is InChI=1S/C29H32N4O5S.HI/c1-20-14-25(37-5)15-21(2)28(20)39(35,36)33(4)18-26-16-23(19-38-26)29(34)30-17-22-9-11-24(12-10-22)31-27-8-6-7-13-32(27)3;/h6-16,19H,17-18H2,1-5H3,(H,30,34);1H. The Balaban J connectivity index is 0.00000441. The van der Waals surface area contributed by atoms with E-state index in [1.165, 1.54) is 17.6 Å². The van der Waals surface area contributed by atoms with Crippen LogP contribution in [0.2, 0.25) is 0 Å². The Kier molecular flexibility index (Phi) is 10.3. The number of benzene rings is 2. The van der Waals surface area contributed by atoms with Gasteiger partial charge in [-0.1, -0.05) is 18.2 Å². The fourth-order valence-electron chi connectivity index (χ4n) is 4.27. The number of hydrogen-bond acceptors (Lipinski definition) is 6. The number of nitrogens with one attached hydrogen (secondary N) is 2. The van der Waals surface area contributed by atoms with Gasteiger partial charge in [-0.2, -0.15) is 4.31 Å². The summed E-state index contributed by atoms with van der Waals surface area (Å²) < 4.78 is 40.5. The van der Waals surface area contributed by atoms with Crippen LogP contribution in [-0.2, 0) is 30.2 Å². The van der Waals surface area contributed by atoms with Gasteiger partial charge < -0.3 is 38.4 Å². The molecule has 11 heteroatoms. The maximum Gasteiger partial charge on any atom is 0.279 e. The van der Waals surface area contributed by atoms with Crippen molar-refractivity contribution in [2.75, 3.05) is 19.5 Å². The van der Waals surface area contributed by atoms with Crippen molar-refractivity contribution in [3.8, 4) is 5.75 Å². The van der Waals surface area contributed by atoms with Crippen LogP contribution in [0.5, 0.6) is 5.75 Å². The molecule has 0 fully saturated rings. The van der Waals surface area contributed by atoms with Gasteiger partial charge in [0, 0.05) is 19.7 Å². The van der Waals surface area contributed by atoms with E-state index in [2.05, 4.69) is 10.6 Å². The zero-order valence-corrected chi connectivity index (χ0v) is 26.0. The number of anilines is 2. The van der Waals surface area contributed by atoms with E-state index >= 15 is 0 Å². The Labute approximate surface area is 252 Å². The van der Waals surface area contributed by atoms with Gasteiger partial charge in [0.1, 0.15) is 23.5 Å². The van der Waals surface area contributed by atoms with Crippen LogP contribution >= 0.6 is 0 Å². The quantitative estimate of drug-likeness (QED) is 0.194. The molecule has 0 aliphatic rings. The second-order valence-electron chi connectivity index (χ2n) is 9.35. The number of carbonyl (C=O) groups excluding carboxylic acids is 1. The number of hydrogen-bond donors (Lipinski definition) is 2. The first-order valence-electron chi connectivity index (χ1n) is 12.4. The smallest absolute Gasteiger partial charge is 0.279 e. The summed E-state index contributed by atoms with van der Waals surface area (Å²) in [6, 6.07) is 18.6. The number of sulfonamides is 1. The van der Waals surface area contributed by atoms with Crippen LogP contribution in [0.25, 0.3) is 0 Å². The lowest BCUT2D eigenvalue weighted by Gasteiger charge is -2.19. The van der Waals surface area contributed by atoms with Gasteiger partial charge in [-0.05, 0) is 66.9 Å². The van der Waals surface area contributed by atoms with Gasteiger partial charge in [0.2, 0.25) is 10.0 Å². The van der Waals surface area contributed by atoms with Gasteiger partial charge in [0.15, 0.2) is 0 Å². The van der Waals surface area contributed by atoms with Gasteiger partial charge in [-0.25, -0.2) is 18.3 Å². The van der Waals surface area contributed by atoms with Crippen LogP contribution in [-0.4, -0.2) is 32.8 Å². The Bertz CT molecular complexity index is 1560. The first-order valence-corrected chi connectivity index (χ1v) is 13.8. The molecule has 9 nitrogen and oxygen atoms in total. The molecule has 4 aromatic rings. The SMILES string of the molecule is COc1cc(C)c(S(=O)(=O)N(C)Cc2cc(C(=O)NCc3ccc(Nc4cccc[n+]4C)cc3)co2)c(C)c1.[I-]. The number of amides is 1. The number of furan rings is 1. The molecule has 0 spiro atoms. The van der Waals surface area contributed by atoms with E-state index in [0.717, 1.165) is 17.1 Å². The Hall–Kier alpha value is -3.42. The minimum absolute atomic E-state index is 0. The number of nitrogens with zero attached hydrogens (tertiary/aromatic N) is 2. The molecule has 2 N–H and O–H groups in total. The number of pyridine rings is 1. The summed E-state index contributed by atoms with van der Waals surface area (Å²) in [5.41, 5.74) is 3.38. The number of aromatic nitrogens is 1. The highest BCUT2D eigenvalue weighted by molar-refractivity contribution is 7.89. The third-order valence-corrected chi connectivity index (χ3v) is 8.48. The van der Waals surface area contributed by atoms with Gasteiger partial charge in [-0.3, -0.25) is 4.79 Å². The van der Waals surface area contributed by atoms with Gasteiger partial charge in [-0.15, -0.1) is 0 Å². The lowest BCUT2D eigenvalue weighted by molar-refractivity contribution is -0.657. The number of methoxy groups -OCH3 is 1. The van der Waals surface area contributed by atoms with Gasteiger partial charge in [0.05, 0.1) is 37.4 Å². The molecule has 0 unspecified atom stereocenters. The summed E-state index contributed by atoms with van der Waals surface area (Å²) in [5, 5.41) is 6.23. The highest BCUT2D eigenvalue weighted by atomic mass is 127. The molecule has 0 saturated heterocycles. The van der Waals surface area contributed by atoms with Crippen LogP contribution in [0.1, 0.15) is 32.8 Å². The van der Waals surface area contributed by atoms with Crippen molar-refractivity contribution in [3.05, 3.63) is 101 Å². The van der Waals surface area contributed by atoms with Gasteiger partial charge in [0.25, 0.3) is 11.7 Å². The second-order valence-corrected chi connectivity index (χ2v) is 11.3. The first kappa shape index (κ1) is 31.1. The number of halogens is 1. The van der Waals surface area contributed by atoms with Crippen molar-refractivity contribution in [2.24, 2.45) is 7.05 Å². The fraction of sp³-hybridized carbons (Fsp3) is 0.241. The van der Waals surface area contributed by atoms with Crippen molar-refractivity contribution in [1.82, 2.24) is 9.62 Å². The first-order chi connectivity index (χ1) is 18.6. The van der Waals surface area contributed by atoms with Crippen LogP contribution in [0, 0.1) is 13.8 Å². The molecule has 1 amide bonds. The highest BCUT2D eigenvalue weighted by Gasteiger charge is 2.26. The number of aryl methyl sites for hydroxylation is 3. The topological polar surface area (TPSA) is 105 Å². The highest BCUT2D eigenvalue weighted by Crippen LogP contribution is 2.28. The van der Waals surface area contributed by atoms with Crippen molar-refractivity contribution < 1.29 is 50.9 Å². The Morgan fingerprint density at radius 3 is 2.35 bits per heavy atom. The predicted octanol–water partition coefficient (Wildman–Crippen LogP) is 1.23. The lowest BCUT2D eigenvalue weighted by Crippen LogP contribution is -3.00. The summed E-state index contributed by atoms with van der Waals surface area (Å²) in [7, 11) is 1.19. The van der Waals surface area contributed by atoms with Crippen molar-refractivity contribution in [3.63, 3.8) is 0 Å². The molecule has 2 heterocycles. The molecule has 212 valence electrons.